The maximum atomic E-state index is 5.94. The molecule has 0 atom stereocenters. The minimum Gasteiger partial charge on any atom is -0.398 e. The van der Waals surface area contributed by atoms with Gasteiger partial charge in [-0.2, -0.15) is 0 Å². The Bertz CT molecular complexity index is 475. The van der Waals surface area contributed by atoms with E-state index >= 15 is 0 Å². The van der Waals surface area contributed by atoms with Crippen LogP contribution in [0, 0.1) is 6.92 Å². The van der Waals surface area contributed by atoms with Crippen molar-refractivity contribution >= 4 is 16.6 Å². The first-order chi connectivity index (χ1) is 6.72. The Morgan fingerprint density at radius 1 is 1.36 bits per heavy atom. The van der Waals surface area contributed by atoms with E-state index in [-0.39, 0.29) is 0 Å². The minimum atomic E-state index is 0.826. The molecule has 0 unspecified atom stereocenters. The molecule has 0 aliphatic heterocycles. The number of rotatable bonds is 1. The lowest BCUT2D eigenvalue weighted by molar-refractivity contribution is 1.12. The lowest BCUT2D eigenvalue weighted by Crippen LogP contribution is -1.95. The lowest BCUT2D eigenvalue weighted by atomic mass is 10.0. The first-order valence-electron chi connectivity index (χ1n) is 4.87. The van der Waals surface area contributed by atoms with Gasteiger partial charge in [0.05, 0.1) is 5.52 Å². The van der Waals surface area contributed by atoms with Crippen LogP contribution < -0.4 is 5.73 Å². The van der Waals surface area contributed by atoms with Crippen LogP contribution >= 0.6 is 0 Å². The number of benzene rings is 1. The van der Waals surface area contributed by atoms with Gasteiger partial charge >= 0.3 is 0 Å². The molecule has 2 rings (SSSR count). The monoisotopic (exact) mass is 186 g/mol. The zero-order valence-electron chi connectivity index (χ0n) is 8.54. The number of nitrogen functional groups attached to an aromatic ring is 1. The summed E-state index contributed by atoms with van der Waals surface area (Å²) in [5.41, 5.74) is 10.1. The number of aromatic nitrogens is 1. The highest BCUT2D eigenvalue weighted by molar-refractivity contribution is 5.93. The molecular weight excluding hydrogens is 172 g/mol. The van der Waals surface area contributed by atoms with Gasteiger partial charge in [0.2, 0.25) is 0 Å². The third-order valence-electron chi connectivity index (χ3n) is 2.46. The third-order valence-corrected chi connectivity index (χ3v) is 2.46. The predicted molar refractivity (Wildman–Crippen MR) is 60.3 cm³/mol. The van der Waals surface area contributed by atoms with Gasteiger partial charge in [0.25, 0.3) is 0 Å². The number of nitrogens with two attached hydrogens (primary N) is 1. The molecule has 1 aromatic carbocycles. The van der Waals surface area contributed by atoms with Crippen LogP contribution in [-0.4, -0.2) is 4.98 Å². The van der Waals surface area contributed by atoms with E-state index in [1.807, 2.05) is 25.1 Å². The number of pyridine rings is 1. The Balaban J connectivity index is 2.88. The Morgan fingerprint density at radius 3 is 2.86 bits per heavy atom. The van der Waals surface area contributed by atoms with Gasteiger partial charge in [-0.3, -0.25) is 4.98 Å². The summed E-state index contributed by atoms with van der Waals surface area (Å²) in [6, 6.07) is 8.00. The average Bonchev–Trinajstić information content (AvgIpc) is 2.16. The first kappa shape index (κ1) is 9.00. The van der Waals surface area contributed by atoms with Gasteiger partial charge in [0.15, 0.2) is 0 Å². The summed E-state index contributed by atoms with van der Waals surface area (Å²) in [6.07, 6.45) is 0.994. The van der Waals surface area contributed by atoms with E-state index < -0.39 is 0 Å². The van der Waals surface area contributed by atoms with Crippen molar-refractivity contribution in [3.8, 4) is 0 Å². The number of aryl methyl sites for hydroxylation is 2. The van der Waals surface area contributed by atoms with Crippen molar-refractivity contribution in [2.75, 3.05) is 5.73 Å². The Hall–Kier alpha value is -1.57. The largest absolute Gasteiger partial charge is 0.398 e. The van der Waals surface area contributed by atoms with Crippen LogP contribution in [0.2, 0.25) is 0 Å². The zero-order chi connectivity index (χ0) is 10.1. The average molecular weight is 186 g/mol. The molecule has 0 spiro atoms. The van der Waals surface area contributed by atoms with Gasteiger partial charge < -0.3 is 5.73 Å². The van der Waals surface area contributed by atoms with E-state index in [1.54, 1.807) is 0 Å². The van der Waals surface area contributed by atoms with Gasteiger partial charge in [-0.1, -0.05) is 13.0 Å². The topological polar surface area (TPSA) is 38.9 Å². The standard InChI is InChI=1S/C12H14N2/c1-3-9-7-8(2)14-11-6-4-5-10(13)12(9)11/h4-7H,3,13H2,1-2H3. The highest BCUT2D eigenvalue weighted by Crippen LogP contribution is 2.24. The second-order valence-corrected chi connectivity index (χ2v) is 3.52. The summed E-state index contributed by atoms with van der Waals surface area (Å²) in [4.78, 5) is 4.47. The van der Waals surface area contributed by atoms with Crippen molar-refractivity contribution in [1.29, 1.82) is 0 Å². The summed E-state index contributed by atoms with van der Waals surface area (Å²) >= 11 is 0. The number of hydrogen-bond acceptors (Lipinski definition) is 2. The lowest BCUT2D eigenvalue weighted by Gasteiger charge is -2.07. The maximum Gasteiger partial charge on any atom is 0.0728 e. The van der Waals surface area contributed by atoms with Crippen LogP contribution in [0.25, 0.3) is 10.9 Å². The molecule has 0 aliphatic carbocycles. The Morgan fingerprint density at radius 2 is 2.14 bits per heavy atom. The second kappa shape index (κ2) is 3.29. The van der Waals surface area contributed by atoms with Gasteiger partial charge in [-0.25, -0.2) is 0 Å². The SMILES string of the molecule is CCc1cc(C)nc2cccc(N)c12. The molecule has 0 saturated carbocycles. The molecule has 2 nitrogen and oxygen atoms in total. The molecule has 0 fully saturated rings. The second-order valence-electron chi connectivity index (χ2n) is 3.52. The quantitative estimate of drug-likeness (QED) is 0.695. The molecule has 14 heavy (non-hydrogen) atoms. The van der Waals surface area contributed by atoms with Crippen LogP contribution in [0.4, 0.5) is 5.69 Å². The molecule has 2 aromatic rings. The highest BCUT2D eigenvalue weighted by Gasteiger charge is 2.04. The summed E-state index contributed by atoms with van der Waals surface area (Å²) in [5.74, 6) is 0. The van der Waals surface area contributed by atoms with E-state index in [4.69, 9.17) is 5.73 Å². The van der Waals surface area contributed by atoms with E-state index in [2.05, 4.69) is 18.0 Å². The predicted octanol–water partition coefficient (Wildman–Crippen LogP) is 2.69. The minimum absolute atomic E-state index is 0.826. The highest BCUT2D eigenvalue weighted by atomic mass is 14.7. The van der Waals surface area contributed by atoms with Crippen molar-refractivity contribution < 1.29 is 0 Å². The van der Waals surface area contributed by atoms with Crippen molar-refractivity contribution in [2.24, 2.45) is 0 Å². The van der Waals surface area contributed by atoms with Gasteiger partial charge in [-0.05, 0) is 37.1 Å². The van der Waals surface area contributed by atoms with Gasteiger partial charge in [0.1, 0.15) is 0 Å². The summed E-state index contributed by atoms with van der Waals surface area (Å²) in [7, 11) is 0. The first-order valence-corrected chi connectivity index (χ1v) is 4.87. The Labute approximate surface area is 83.8 Å². The van der Waals surface area contributed by atoms with E-state index in [0.29, 0.717) is 0 Å². The number of nitrogens with zero attached hydrogens (tertiary/aromatic N) is 1. The normalized spacial score (nSPS) is 10.7. The fourth-order valence-electron chi connectivity index (χ4n) is 1.83. The molecule has 2 heteroatoms. The molecule has 2 N–H and O–H groups in total. The van der Waals surface area contributed by atoms with Crippen LogP contribution in [0.3, 0.4) is 0 Å². The van der Waals surface area contributed by atoms with Crippen LogP contribution in [0.5, 0.6) is 0 Å². The molecule has 0 bridgehead atoms. The van der Waals surface area contributed by atoms with E-state index in [9.17, 15) is 0 Å². The Kier molecular flexibility index (Phi) is 2.12. The molecule has 0 aliphatic rings. The maximum absolute atomic E-state index is 5.94. The number of fused-ring (bicyclic) bond motifs is 1. The summed E-state index contributed by atoms with van der Waals surface area (Å²) in [5, 5.41) is 1.11. The van der Waals surface area contributed by atoms with E-state index in [1.165, 1.54) is 5.56 Å². The van der Waals surface area contributed by atoms with Crippen LogP contribution in [-0.2, 0) is 6.42 Å². The van der Waals surface area contributed by atoms with Gasteiger partial charge in [-0.15, -0.1) is 0 Å². The zero-order valence-corrected chi connectivity index (χ0v) is 8.54. The molecule has 1 aromatic heterocycles. The molecule has 1 heterocycles. The van der Waals surface area contributed by atoms with Crippen molar-refractivity contribution in [1.82, 2.24) is 4.98 Å². The third kappa shape index (κ3) is 1.33. The van der Waals surface area contributed by atoms with Gasteiger partial charge in [0, 0.05) is 16.8 Å². The molecule has 0 radical (unpaired) electrons. The van der Waals surface area contributed by atoms with Crippen molar-refractivity contribution in [2.45, 2.75) is 20.3 Å². The van der Waals surface area contributed by atoms with E-state index in [0.717, 1.165) is 28.7 Å². The van der Waals surface area contributed by atoms with Crippen LogP contribution in [0.1, 0.15) is 18.2 Å². The van der Waals surface area contributed by atoms with Crippen molar-refractivity contribution in [3.05, 3.63) is 35.5 Å². The molecule has 0 saturated heterocycles. The molecule has 72 valence electrons. The summed E-state index contributed by atoms with van der Waals surface area (Å²) in [6.45, 7) is 4.16. The molecular formula is C12H14N2. The van der Waals surface area contributed by atoms with Crippen molar-refractivity contribution in [3.63, 3.8) is 0 Å². The fraction of sp³-hybridized carbons (Fsp3) is 0.250. The number of anilines is 1. The van der Waals surface area contributed by atoms with Crippen LogP contribution in [0.15, 0.2) is 24.3 Å². The number of hydrogen-bond donors (Lipinski definition) is 1. The fourth-order valence-corrected chi connectivity index (χ4v) is 1.83. The summed E-state index contributed by atoms with van der Waals surface area (Å²) < 4.78 is 0. The molecule has 0 amide bonds. The smallest absolute Gasteiger partial charge is 0.0728 e.